The average Bonchev–Trinajstić information content (AvgIpc) is 3.08. The van der Waals surface area contributed by atoms with Crippen LogP contribution < -0.4 is 5.32 Å². The second-order valence-corrected chi connectivity index (χ2v) is 4.69. The lowest BCUT2D eigenvalue weighted by atomic mass is 10.0. The Hall–Kier alpha value is -1.16. The van der Waals surface area contributed by atoms with Crippen LogP contribution in [0.1, 0.15) is 34.3 Å². The molecule has 92 valence electrons. The zero-order valence-corrected chi connectivity index (χ0v) is 10.3. The van der Waals surface area contributed by atoms with E-state index in [1.165, 1.54) is 13.8 Å². The number of carbonyl (C=O) groups excluding carboxylic acids is 1. The van der Waals surface area contributed by atoms with Crippen LogP contribution in [0, 0.1) is 25.5 Å². The van der Waals surface area contributed by atoms with Gasteiger partial charge in [0.25, 0.3) is 5.91 Å². The molecule has 1 amide bonds. The van der Waals surface area contributed by atoms with Crippen LogP contribution in [0.25, 0.3) is 0 Å². The van der Waals surface area contributed by atoms with Gasteiger partial charge in [-0.2, -0.15) is 0 Å². The van der Waals surface area contributed by atoms with E-state index in [4.69, 9.17) is 11.6 Å². The monoisotopic (exact) mass is 259 g/mol. The molecule has 1 saturated carbocycles. The Morgan fingerprint density at radius 2 is 1.82 bits per heavy atom. The number of nitrogens with one attached hydrogen (secondary N) is 1. The number of hydrogen-bond donors (Lipinski definition) is 1. The fourth-order valence-corrected chi connectivity index (χ4v) is 1.86. The summed E-state index contributed by atoms with van der Waals surface area (Å²) in [6, 6.07) is 0.0874. The van der Waals surface area contributed by atoms with Crippen LogP contribution in [-0.2, 0) is 0 Å². The molecule has 1 aromatic rings. The third-order valence-corrected chi connectivity index (χ3v) is 3.48. The maximum Gasteiger partial charge on any atom is 0.254 e. The molecule has 0 radical (unpaired) electrons. The van der Waals surface area contributed by atoms with E-state index in [9.17, 15) is 13.6 Å². The average molecular weight is 260 g/mol. The van der Waals surface area contributed by atoms with E-state index >= 15 is 0 Å². The van der Waals surface area contributed by atoms with Gasteiger partial charge in [-0.15, -0.1) is 0 Å². The highest BCUT2D eigenvalue weighted by Crippen LogP contribution is 2.30. The van der Waals surface area contributed by atoms with Crippen LogP contribution in [0.5, 0.6) is 0 Å². The molecule has 0 aliphatic heterocycles. The molecule has 0 atom stereocenters. The largest absolute Gasteiger partial charge is 0.349 e. The first-order valence-electron chi connectivity index (χ1n) is 5.38. The van der Waals surface area contributed by atoms with Crippen molar-refractivity contribution < 1.29 is 13.6 Å². The van der Waals surface area contributed by atoms with Crippen LogP contribution in [0.3, 0.4) is 0 Å². The van der Waals surface area contributed by atoms with Crippen molar-refractivity contribution in [3.05, 3.63) is 33.3 Å². The van der Waals surface area contributed by atoms with Crippen molar-refractivity contribution >= 4 is 17.5 Å². The molecule has 1 aromatic carbocycles. The Morgan fingerprint density at radius 3 is 2.35 bits per heavy atom. The van der Waals surface area contributed by atoms with Gasteiger partial charge in [0.2, 0.25) is 0 Å². The van der Waals surface area contributed by atoms with Crippen LogP contribution in [0.15, 0.2) is 0 Å². The minimum atomic E-state index is -1.12. The van der Waals surface area contributed by atoms with Crippen molar-refractivity contribution in [1.29, 1.82) is 0 Å². The van der Waals surface area contributed by atoms with E-state index < -0.39 is 17.5 Å². The fraction of sp³-hybridized carbons (Fsp3) is 0.417. The lowest BCUT2D eigenvalue weighted by Gasteiger charge is -2.12. The smallest absolute Gasteiger partial charge is 0.254 e. The Bertz CT molecular complexity index is 469. The second kappa shape index (κ2) is 4.26. The van der Waals surface area contributed by atoms with E-state index in [1.807, 2.05) is 0 Å². The maximum absolute atomic E-state index is 13.7. The second-order valence-electron chi connectivity index (χ2n) is 4.31. The van der Waals surface area contributed by atoms with Gasteiger partial charge in [-0.25, -0.2) is 8.78 Å². The molecular weight excluding hydrogens is 248 g/mol. The van der Waals surface area contributed by atoms with Gasteiger partial charge in [-0.05, 0) is 32.3 Å². The molecule has 0 spiro atoms. The van der Waals surface area contributed by atoms with Gasteiger partial charge in [-0.1, -0.05) is 11.6 Å². The summed E-state index contributed by atoms with van der Waals surface area (Å²) in [5, 5.41) is 2.72. The normalized spacial score (nSPS) is 14.9. The van der Waals surface area contributed by atoms with Crippen LogP contribution in [0.4, 0.5) is 8.78 Å². The van der Waals surface area contributed by atoms with Crippen LogP contribution in [0.2, 0.25) is 5.02 Å². The summed E-state index contributed by atoms with van der Waals surface area (Å²) in [4.78, 5) is 11.8. The first-order chi connectivity index (χ1) is 7.93. The molecule has 1 aliphatic carbocycles. The molecule has 5 heteroatoms. The molecule has 1 fully saturated rings. The van der Waals surface area contributed by atoms with Crippen molar-refractivity contribution in [3.8, 4) is 0 Å². The molecule has 0 aromatic heterocycles. The zero-order chi connectivity index (χ0) is 12.7. The number of carbonyl (C=O) groups is 1. The van der Waals surface area contributed by atoms with Crippen molar-refractivity contribution in [2.24, 2.45) is 0 Å². The summed E-state index contributed by atoms with van der Waals surface area (Å²) in [6.07, 6.45) is 1.77. The third kappa shape index (κ3) is 2.14. The highest BCUT2D eigenvalue weighted by atomic mass is 35.5. The SMILES string of the molecule is Cc1c(F)c(F)c(C(=O)NC2CC2)c(C)c1Cl. The number of hydrogen-bond acceptors (Lipinski definition) is 1. The highest BCUT2D eigenvalue weighted by molar-refractivity contribution is 6.32. The lowest BCUT2D eigenvalue weighted by molar-refractivity contribution is 0.0945. The topological polar surface area (TPSA) is 29.1 Å². The van der Waals surface area contributed by atoms with Crippen molar-refractivity contribution in [2.75, 3.05) is 0 Å². The van der Waals surface area contributed by atoms with Crippen molar-refractivity contribution in [1.82, 2.24) is 5.32 Å². The van der Waals surface area contributed by atoms with Gasteiger partial charge in [-0.3, -0.25) is 4.79 Å². The lowest BCUT2D eigenvalue weighted by Crippen LogP contribution is -2.27. The molecule has 1 aliphatic rings. The van der Waals surface area contributed by atoms with E-state index in [1.54, 1.807) is 0 Å². The van der Waals surface area contributed by atoms with E-state index in [2.05, 4.69) is 5.32 Å². The number of amides is 1. The molecular formula is C12H12ClF2NO. The van der Waals surface area contributed by atoms with E-state index in [0.717, 1.165) is 12.8 Å². The maximum atomic E-state index is 13.7. The van der Waals surface area contributed by atoms with Crippen LogP contribution >= 0.6 is 11.6 Å². The van der Waals surface area contributed by atoms with Crippen molar-refractivity contribution in [3.63, 3.8) is 0 Å². The fourth-order valence-electron chi connectivity index (χ4n) is 1.68. The van der Waals surface area contributed by atoms with Gasteiger partial charge in [0.05, 0.1) is 10.6 Å². The van der Waals surface area contributed by atoms with Gasteiger partial charge in [0, 0.05) is 11.6 Å². The highest BCUT2D eigenvalue weighted by Gasteiger charge is 2.28. The van der Waals surface area contributed by atoms with E-state index in [-0.39, 0.29) is 27.8 Å². The Balaban J connectivity index is 2.48. The molecule has 2 rings (SSSR count). The summed E-state index contributed by atoms with van der Waals surface area (Å²) in [5.41, 5.74) is 0.0239. The molecule has 0 heterocycles. The number of halogens is 3. The predicted molar refractivity (Wildman–Crippen MR) is 61.3 cm³/mol. The summed E-state index contributed by atoms with van der Waals surface area (Å²) in [5.74, 6) is -2.77. The first kappa shape index (κ1) is 12.3. The summed E-state index contributed by atoms with van der Waals surface area (Å²) >= 11 is 5.87. The number of benzene rings is 1. The molecule has 0 bridgehead atoms. The molecule has 17 heavy (non-hydrogen) atoms. The predicted octanol–water partition coefficient (Wildman–Crippen LogP) is 3.13. The Morgan fingerprint density at radius 1 is 1.24 bits per heavy atom. The Kier molecular flexibility index (Phi) is 3.08. The molecule has 2 nitrogen and oxygen atoms in total. The van der Waals surface area contributed by atoms with Gasteiger partial charge >= 0.3 is 0 Å². The summed E-state index contributed by atoms with van der Waals surface area (Å²) < 4.78 is 27.2. The molecule has 0 unspecified atom stereocenters. The molecule has 1 N–H and O–H groups in total. The zero-order valence-electron chi connectivity index (χ0n) is 9.53. The molecule has 0 saturated heterocycles. The first-order valence-corrected chi connectivity index (χ1v) is 5.75. The quantitative estimate of drug-likeness (QED) is 0.813. The Labute approximate surface area is 103 Å². The minimum Gasteiger partial charge on any atom is -0.349 e. The van der Waals surface area contributed by atoms with Gasteiger partial charge in [0.1, 0.15) is 0 Å². The van der Waals surface area contributed by atoms with Crippen LogP contribution in [-0.4, -0.2) is 11.9 Å². The van der Waals surface area contributed by atoms with Gasteiger partial charge in [0.15, 0.2) is 11.6 Å². The summed E-state index contributed by atoms with van der Waals surface area (Å²) in [6.45, 7) is 2.90. The van der Waals surface area contributed by atoms with E-state index in [0.29, 0.717) is 0 Å². The van der Waals surface area contributed by atoms with Gasteiger partial charge < -0.3 is 5.32 Å². The summed E-state index contributed by atoms with van der Waals surface area (Å²) in [7, 11) is 0. The standard InChI is InChI=1S/C12H12ClF2NO/c1-5-8(12(17)16-7-3-4-7)11(15)10(14)6(2)9(5)13/h7H,3-4H2,1-2H3,(H,16,17). The third-order valence-electron chi connectivity index (χ3n) is 2.91. The van der Waals surface area contributed by atoms with Crippen molar-refractivity contribution in [2.45, 2.75) is 32.7 Å². The number of rotatable bonds is 2. The minimum absolute atomic E-state index is 0.0321.